The zero-order chi connectivity index (χ0) is 21.1. The van der Waals surface area contributed by atoms with Crippen molar-refractivity contribution in [1.29, 1.82) is 0 Å². The van der Waals surface area contributed by atoms with Crippen LogP contribution in [-0.4, -0.2) is 91.6 Å². The molecule has 30 heavy (non-hydrogen) atoms. The number of rotatable bonds is 4. The van der Waals surface area contributed by atoms with Gasteiger partial charge in [0.05, 0.1) is 19.3 Å². The fraction of sp³-hybridized carbons (Fsp3) is 0.636. The highest BCUT2D eigenvalue weighted by atomic mass is 19.1. The molecule has 0 radical (unpaired) electrons. The molecule has 7 nitrogen and oxygen atoms in total. The molecule has 8 heteroatoms. The molecule has 1 aromatic rings. The highest BCUT2D eigenvalue weighted by molar-refractivity contribution is 6.35. The number of fused-ring (bicyclic) bond motifs is 2. The van der Waals surface area contributed by atoms with E-state index >= 15 is 0 Å². The number of halogens is 1. The van der Waals surface area contributed by atoms with Crippen molar-refractivity contribution < 1.29 is 18.7 Å². The first-order valence-electron chi connectivity index (χ1n) is 10.9. The van der Waals surface area contributed by atoms with E-state index < -0.39 is 11.8 Å². The number of likely N-dealkylation sites (tertiary alicyclic amines) is 1. The molecule has 3 atom stereocenters. The quantitative estimate of drug-likeness (QED) is 0.740. The number of amides is 2. The molecule has 1 N–H and O–H groups in total. The Kier molecular flexibility index (Phi) is 6.65. The van der Waals surface area contributed by atoms with Gasteiger partial charge in [0.15, 0.2) is 0 Å². The van der Waals surface area contributed by atoms with E-state index in [9.17, 15) is 14.0 Å². The van der Waals surface area contributed by atoms with Gasteiger partial charge >= 0.3 is 11.8 Å². The lowest BCUT2D eigenvalue weighted by atomic mass is 10.0. The van der Waals surface area contributed by atoms with Crippen LogP contribution in [0.1, 0.15) is 30.9 Å². The second-order valence-corrected chi connectivity index (χ2v) is 8.52. The van der Waals surface area contributed by atoms with E-state index in [1.165, 1.54) is 18.6 Å². The summed E-state index contributed by atoms with van der Waals surface area (Å²) in [6.07, 6.45) is 3.17. The van der Waals surface area contributed by atoms with Crippen LogP contribution in [0.3, 0.4) is 0 Å². The average Bonchev–Trinajstić information content (AvgIpc) is 3.01. The average molecular weight is 419 g/mol. The zero-order valence-electron chi connectivity index (χ0n) is 17.6. The van der Waals surface area contributed by atoms with E-state index in [2.05, 4.69) is 22.2 Å². The van der Waals surface area contributed by atoms with Crippen LogP contribution >= 0.6 is 0 Å². The van der Waals surface area contributed by atoms with E-state index in [0.717, 1.165) is 31.5 Å². The third-order valence-corrected chi connectivity index (χ3v) is 6.83. The summed E-state index contributed by atoms with van der Waals surface area (Å²) in [4.78, 5) is 31.8. The van der Waals surface area contributed by atoms with Gasteiger partial charge in [0.2, 0.25) is 0 Å². The molecule has 0 saturated carbocycles. The highest BCUT2D eigenvalue weighted by Crippen LogP contribution is 2.28. The van der Waals surface area contributed by atoms with E-state index in [1.807, 2.05) is 0 Å². The second-order valence-electron chi connectivity index (χ2n) is 8.52. The minimum absolute atomic E-state index is 0.127. The van der Waals surface area contributed by atoms with Gasteiger partial charge in [-0.1, -0.05) is 12.1 Å². The van der Waals surface area contributed by atoms with Gasteiger partial charge < -0.3 is 15.0 Å². The molecule has 2 amide bonds. The van der Waals surface area contributed by atoms with Gasteiger partial charge in [-0.3, -0.25) is 19.4 Å². The maximum absolute atomic E-state index is 13.4. The molecule has 3 aliphatic rings. The number of ether oxygens (including phenoxy) is 1. The molecular formula is C22H31FN4O3. The van der Waals surface area contributed by atoms with Crippen molar-refractivity contribution in [3.63, 3.8) is 0 Å². The molecule has 0 unspecified atom stereocenters. The molecule has 3 saturated heterocycles. The van der Waals surface area contributed by atoms with Crippen LogP contribution in [0, 0.1) is 5.82 Å². The molecule has 0 aromatic heterocycles. The van der Waals surface area contributed by atoms with Crippen LogP contribution < -0.4 is 5.32 Å². The molecule has 3 fully saturated rings. The summed E-state index contributed by atoms with van der Waals surface area (Å²) in [5.41, 5.74) is 0.916. The number of nitrogens with zero attached hydrogens (tertiary/aromatic N) is 3. The summed E-state index contributed by atoms with van der Waals surface area (Å²) in [7, 11) is 2.12. The van der Waals surface area contributed by atoms with Gasteiger partial charge in [0, 0.05) is 44.8 Å². The number of benzene rings is 1. The molecular weight excluding hydrogens is 387 g/mol. The normalized spacial score (nSPS) is 26.3. The number of hydrogen-bond donors (Lipinski definition) is 1. The molecule has 0 spiro atoms. The van der Waals surface area contributed by atoms with Gasteiger partial charge in [-0.25, -0.2) is 4.39 Å². The topological polar surface area (TPSA) is 65.1 Å². The maximum atomic E-state index is 13.4. The molecule has 164 valence electrons. The Morgan fingerprint density at radius 2 is 1.80 bits per heavy atom. The third kappa shape index (κ3) is 4.66. The molecule has 0 aliphatic carbocycles. The number of nitrogens with one attached hydrogen (secondary N) is 1. The van der Waals surface area contributed by atoms with Crippen LogP contribution in [0.4, 0.5) is 4.39 Å². The number of morpholine rings is 1. The van der Waals surface area contributed by atoms with Gasteiger partial charge in [0.25, 0.3) is 0 Å². The van der Waals surface area contributed by atoms with Crippen molar-refractivity contribution >= 4 is 11.8 Å². The summed E-state index contributed by atoms with van der Waals surface area (Å²) < 4.78 is 18.8. The van der Waals surface area contributed by atoms with Crippen LogP contribution in [0.5, 0.6) is 0 Å². The molecule has 4 rings (SSSR count). The summed E-state index contributed by atoms with van der Waals surface area (Å²) in [5.74, 6) is -1.30. The Balaban J connectivity index is 1.39. The van der Waals surface area contributed by atoms with Crippen LogP contribution in [-0.2, 0) is 14.3 Å². The lowest BCUT2D eigenvalue weighted by Gasteiger charge is -2.35. The number of carbonyl (C=O) groups is 2. The lowest BCUT2D eigenvalue weighted by molar-refractivity contribution is -0.146. The number of likely N-dealkylation sites (N-methyl/N-ethyl adjacent to an activating group) is 1. The van der Waals surface area contributed by atoms with Crippen LogP contribution in [0.15, 0.2) is 24.3 Å². The first kappa shape index (κ1) is 21.2. The van der Waals surface area contributed by atoms with Crippen molar-refractivity contribution in [3.05, 3.63) is 35.6 Å². The minimum Gasteiger partial charge on any atom is -0.379 e. The van der Waals surface area contributed by atoms with E-state index in [-0.39, 0.29) is 11.9 Å². The van der Waals surface area contributed by atoms with Crippen LogP contribution in [0.25, 0.3) is 0 Å². The predicted octanol–water partition coefficient (Wildman–Crippen LogP) is 1.01. The Hall–Kier alpha value is -2.03. The molecule has 1 aromatic carbocycles. The predicted molar refractivity (Wildman–Crippen MR) is 110 cm³/mol. The fourth-order valence-electron chi connectivity index (χ4n) is 4.93. The minimum atomic E-state index is -0.559. The summed E-state index contributed by atoms with van der Waals surface area (Å²) in [6, 6.07) is 7.07. The third-order valence-electron chi connectivity index (χ3n) is 6.83. The monoisotopic (exact) mass is 418 g/mol. The highest BCUT2D eigenvalue weighted by Gasteiger charge is 2.37. The summed E-state index contributed by atoms with van der Waals surface area (Å²) >= 11 is 0. The van der Waals surface area contributed by atoms with Crippen molar-refractivity contribution in [1.82, 2.24) is 20.0 Å². The Labute approximate surface area is 177 Å². The number of hydrogen-bond acceptors (Lipinski definition) is 5. The molecule has 3 aliphatic heterocycles. The smallest absolute Gasteiger partial charge is 0.311 e. The van der Waals surface area contributed by atoms with Crippen molar-refractivity contribution in [2.24, 2.45) is 0 Å². The zero-order valence-corrected chi connectivity index (χ0v) is 17.6. The largest absolute Gasteiger partial charge is 0.379 e. The Morgan fingerprint density at radius 1 is 1.10 bits per heavy atom. The summed E-state index contributed by atoms with van der Waals surface area (Å²) in [6.45, 7) is 4.24. The van der Waals surface area contributed by atoms with Crippen LogP contribution in [0.2, 0.25) is 0 Å². The maximum Gasteiger partial charge on any atom is 0.311 e. The van der Waals surface area contributed by atoms with E-state index in [1.54, 1.807) is 17.0 Å². The van der Waals surface area contributed by atoms with Crippen molar-refractivity contribution in [3.8, 4) is 0 Å². The standard InChI is InChI=1S/C22H31FN4O3/c1-25-18-6-7-19(25)15-27(9-8-18)22(29)21(28)24-14-20(26-10-12-30-13-11-26)16-2-4-17(23)5-3-16/h2-5,18-20H,6-15H2,1H3,(H,24,28)/t18-,19-,20-/m0/s1. The Morgan fingerprint density at radius 3 is 2.53 bits per heavy atom. The molecule has 2 bridgehead atoms. The van der Waals surface area contributed by atoms with E-state index in [4.69, 9.17) is 4.74 Å². The lowest BCUT2D eigenvalue weighted by Crippen LogP contribution is -2.49. The first-order valence-corrected chi connectivity index (χ1v) is 10.9. The summed E-state index contributed by atoms with van der Waals surface area (Å²) in [5, 5.41) is 2.85. The first-order chi connectivity index (χ1) is 14.5. The van der Waals surface area contributed by atoms with E-state index in [0.29, 0.717) is 44.9 Å². The Bertz CT molecular complexity index is 753. The van der Waals surface area contributed by atoms with Crippen molar-refractivity contribution in [2.45, 2.75) is 37.4 Å². The fourth-order valence-corrected chi connectivity index (χ4v) is 4.93. The second kappa shape index (κ2) is 9.41. The van der Waals surface area contributed by atoms with Gasteiger partial charge in [-0.15, -0.1) is 0 Å². The van der Waals surface area contributed by atoms with Gasteiger partial charge in [-0.05, 0) is 44.0 Å². The van der Waals surface area contributed by atoms with Gasteiger partial charge in [-0.2, -0.15) is 0 Å². The SMILES string of the molecule is CN1[C@H]2CC[C@H]1CN(C(=O)C(=O)NC[C@@H](c1ccc(F)cc1)N1CCOCC1)CC2. The van der Waals surface area contributed by atoms with Gasteiger partial charge in [0.1, 0.15) is 5.82 Å². The molecule has 3 heterocycles. The number of carbonyl (C=O) groups excluding carboxylic acids is 2. The van der Waals surface area contributed by atoms with Crippen molar-refractivity contribution in [2.75, 3.05) is 53.0 Å².